The van der Waals surface area contributed by atoms with Crippen LogP contribution in [0, 0.1) is 0 Å². The van der Waals surface area contributed by atoms with Crippen molar-refractivity contribution in [3.63, 3.8) is 0 Å². The predicted octanol–water partition coefficient (Wildman–Crippen LogP) is 9.08. The molecule has 0 aromatic heterocycles. The molecule has 0 atom stereocenters. The molecule has 2 aromatic rings. The lowest BCUT2D eigenvalue weighted by Crippen LogP contribution is -2.33. The van der Waals surface area contributed by atoms with E-state index in [0.29, 0.717) is 6.54 Å². The van der Waals surface area contributed by atoms with Crippen molar-refractivity contribution in [1.29, 1.82) is 0 Å². The first-order chi connectivity index (χ1) is 22.4. The summed E-state index contributed by atoms with van der Waals surface area (Å²) in [5.41, 5.74) is 10.1. The van der Waals surface area contributed by atoms with Crippen LogP contribution in [0.15, 0.2) is 76.1 Å². The number of amides is 1. The average molecular weight is 640 g/mol. The Kier molecular flexibility index (Phi) is 23.2. The summed E-state index contributed by atoms with van der Waals surface area (Å²) in [7, 11) is 1.50. The quantitative estimate of drug-likeness (QED) is 0.149. The highest BCUT2D eigenvalue weighted by atomic mass is 16.4. The Hall–Kier alpha value is -3.88. The molecule has 1 aliphatic heterocycles. The largest absolute Gasteiger partial charge is 0.465 e. The summed E-state index contributed by atoms with van der Waals surface area (Å²) in [6, 6.07) is 23.4. The highest BCUT2D eigenvalue weighted by Crippen LogP contribution is 2.40. The van der Waals surface area contributed by atoms with E-state index in [4.69, 9.17) is 9.52 Å². The summed E-state index contributed by atoms with van der Waals surface area (Å²) in [5, 5.41) is 12.7. The van der Waals surface area contributed by atoms with Gasteiger partial charge < -0.3 is 30.4 Å². The second kappa shape index (κ2) is 25.3. The average Bonchev–Trinajstić information content (AvgIpc) is 3.09. The molecule has 0 unspecified atom stereocenters. The number of benzene rings is 3. The summed E-state index contributed by atoms with van der Waals surface area (Å²) in [6.07, 6.45) is 0.303. The van der Waals surface area contributed by atoms with Crippen LogP contribution >= 0.6 is 0 Å². The number of carboxylic acid groups (broad SMARTS) is 1. The molecule has 1 amide bonds. The Morgan fingerprint density at radius 1 is 0.870 bits per heavy atom. The summed E-state index contributed by atoms with van der Waals surface area (Å²) in [6.45, 7) is 24.7. The number of carbonyl (C=O) groups is 1. The Labute approximate surface area is 281 Å². The maximum absolute atomic E-state index is 10.0. The lowest BCUT2D eigenvalue weighted by atomic mass is 9.93. The van der Waals surface area contributed by atoms with Crippen LogP contribution in [-0.2, 0) is 0 Å². The van der Waals surface area contributed by atoms with E-state index in [1.54, 1.807) is 0 Å². The first-order valence-electron chi connectivity index (χ1n) is 16.9. The molecule has 8 nitrogen and oxygen atoms in total. The van der Waals surface area contributed by atoms with Crippen LogP contribution in [0.5, 0.6) is 0 Å². The topological polar surface area (TPSA) is 107 Å². The molecule has 0 spiro atoms. The highest BCUT2D eigenvalue weighted by molar-refractivity contribution is 6.02. The van der Waals surface area contributed by atoms with Crippen LogP contribution in [0.25, 0.3) is 33.4 Å². The fourth-order valence-corrected chi connectivity index (χ4v) is 4.71. The van der Waals surface area contributed by atoms with E-state index in [-0.39, 0.29) is 2.85 Å². The monoisotopic (exact) mass is 640 g/mol. The van der Waals surface area contributed by atoms with Crippen LogP contribution in [0.1, 0.15) is 71.6 Å². The number of hydrogen-bond acceptors (Lipinski definition) is 6. The molecule has 1 aliphatic carbocycles. The molecular formula is C38H65N5O3. The molecule has 2 aliphatic rings. The Bertz CT molecular complexity index is 1390. The third kappa shape index (κ3) is 13.6. The molecule has 0 fully saturated rings. The van der Waals surface area contributed by atoms with Gasteiger partial charge in [0.15, 0.2) is 0 Å². The minimum atomic E-state index is -0.947. The van der Waals surface area contributed by atoms with Crippen LogP contribution < -0.4 is 21.3 Å². The minimum Gasteiger partial charge on any atom is -0.465 e. The normalized spacial score (nSPS) is 10.4. The van der Waals surface area contributed by atoms with Crippen molar-refractivity contribution in [3.05, 3.63) is 72.1 Å². The fraction of sp³-hybridized carbons (Fsp3) is 0.474. The van der Waals surface area contributed by atoms with Gasteiger partial charge in [-0.25, -0.2) is 4.79 Å². The zero-order chi connectivity index (χ0) is 34.9. The number of fused-ring (bicyclic) bond motifs is 2. The summed E-state index contributed by atoms with van der Waals surface area (Å²) in [5.74, 6) is 0.873. The van der Waals surface area contributed by atoms with Gasteiger partial charge in [0, 0.05) is 69.9 Å². The lowest BCUT2D eigenvalue weighted by Gasteiger charge is -2.22. The molecule has 0 saturated carbocycles. The second-order valence-electron chi connectivity index (χ2n) is 9.82. The van der Waals surface area contributed by atoms with Crippen molar-refractivity contribution in [2.75, 3.05) is 57.8 Å². The van der Waals surface area contributed by atoms with Gasteiger partial charge in [0.1, 0.15) is 11.3 Å². The number of anilines is 1. The zero-order valence-electron chi connectivity index (χ0n) is 30.2. The van der Waals surface area contributed by atoms with E-state index in [0.717, 1.165) is 66.9 Å². The smallest absolute Gasteiger partial charge is 0.404 e. The maximum Gasteiger partial charge on any atom is 0.404 e. The van der Waals surface area contributed by atoms with Crippen LogP contribution in [0.3, 0.4) is 0 Å². The van der Waals surface area contributed by atoms with Gasteiger partial charge in [-0.15, -0.1) is 0 Å². The Balaban J connectivity index is -0.000000859. The summed E-state index contributed by atoms with van der Waals surface area (Å²) >= 11 is 0. The number of likely N-dealkylation sites (N-methyl/N-ethyl adjacent to an activating group) is 1. The van der Waals surface area contributed by atoms with Crippen molar-refractivity contribution >= 4 is 22.7 Å². The highest BCUT2D eigenvalue weighted by Gasteiger charge is 2.17. The molecule has 4 N–H and O–H groups in total. The first-order valence-corrected chi connectivity index (χ1v) is 16.9. The van der Waals surface area contributed by atoms with E-state index < -0.39 is 6.09 Å². The molecule has 1 heterocycles. The Morgan fingerprint density at radius 2 is 1.48 bits per heavy atom. The molecular weight excluding hydrogens is 574 g/mol. The molecule has 0 radical (unpaired) electrons. The van der Waals surface area contributed by atoms with Crippen molar-refractivity contribution in [3.8, 4) is 22.5 Å². The molecule has 0 bridgehead atoms. The number of nitrogens with two attached hydrogens (primary N) is 1. The first kappa shape index (κ1) is 42.1. The van der Waals surface area contributed by atoms with E-state index in [1.807, 2.05) is 20.8 Å². The van der Waals surface area contributed by atoms with Crippen LogP contribution in [0.4, 0.5) is 10.5 Å². The standard InChI is InChI=1S/C25H26N2O.C7H16N2O2.C3H8.C2H6.CH5N.2H2/c1-4-26-19-12-14-21-23(16-19)28-24-17-20(27(5-2)6-3)13-15-22(24)25(21)18-10-8-7-9-11-18;1-3-9(4-2)6-5-8-7(10)11;1-3-2;2*1-2;;/h7-17H,4-6H2,1-3H3;8H,3-6H2,1-2H3,(H,10,11);3H2,1-2H3;1-2H3;2H2,1H3;2*1H. The number of nitrogens with zero attached hydrogens (tertiary/aromatic N) is 3. The Morgan fingerprint density at radius 3 is 2.00 bits per heavy atom. The molecule has 46 heavy (non-hydrogen) atoms. The van der Waals surface area contributed by atoms with Gasteiger partial charge in [-0.3, -0.25) is 4.99 Å². The van der Waals surface area contributed by atoms with Gasteiger partial charge in [0.25, 0.3) is 0 Å². The molecule has 4 rings (SSSR count). The van der Waals surface area contributed by atoms with Crippen molar-refractivity contribution in [2.24, 2.45) is 10.7 Å². The third-order valence-electron chi connectivity index (χ3n) is 6.82. The fourth-order valence-electron chi connectivity index (χ4n) is 4.71. The number of nitrogens with one attached hydrogen (secondary N) is 1. The summed E-state index contributed by atoms with van der Waals surface area (Å²) < 4.78 is 6.39. The molecule has 2 aromatic carbocycles. The third-order valence-corrected chi connectivity index (χ3v) is 6.82. The van der Waals surface area contributed by atoms with Gasteiger partial charge in [-0.1, -0.05) is 78.3 Å². The predicted molar refractivity (Wildman–Crippen MR) is 203 cm³/mol. The molecule has 8 heteroatoms. The van der Waals surface area contributed by atoms with Crippen LogP contribution in [-0.4, -0.2) is 69.0 Å². The van der Waals surface area contributed by atoms with E-state index in [1.165, 1.54) is 30.3 Å². The minimum absolute atomic E-state index is 0. The van der Waals surface area contributed by atoms with E-state index >= 15 is 0 Å². The lowest BCUT2D eigenvalue weighted by molar-refractivity contribution is 0.191. The van der Waals surface area contributed by atoms with Gasteiger partial charge in [-0.2, -0.15) is 0 Å². The molecule has 0 saturated heterocycles. The number of rotatable bonds is 10. The maximum atomic E-state index is 10.0. The van der Waals surface area contributed by atoms with E-state index in [2.05, 4.69) is 134 Å². The van der Waals surface area contributed by atoms with Crippen LogP contribution in [0.2, 0.25) is 0 Å². The van der Waals surface area contributed by atoms with Gasteiger partial charge >= 0.3 is 6.09 Å². The SMILES string of the molecule is CC.CCC.CCN(CC)CCNC(=O)O.CCN=c1ccc2c(-c3ccccc3)c3ccc(N(CC)CC)cc3oc-2c1.CN.[HH].[HH]. The second-order valence-corrected chi connectivity index (χ2v) is 9.82. The van der Waals surface area contributed by atoms with Gasteiger partial charge in [-0.05, 0) is 70.7 Å². The van der Waals surface area contributed by atoms with Crippen molar-refractivity contribution in [1.82, 2.24) is 10.2 Å². The van der Waals surface area contributed by atoms with Crippen molar-refractivity contribution < 1.29 is 17.2 Å². The number of hydrogen-bond donors (Lipinski definition) is 3. The van der Waals surface area contributed by atoms with E-state index in [9.17, 15) is 4.79 Å². The van der Waals surface area contributed by atoms with Crippen molar-refractivity contribution in [2.45, 2.75) is 68.7 Å². The zero-order valence-corrected chi connectivity index (χ0v) is 30.2. The molecule has 260 valence electrons. The summed E-state index contributed by atoms with van der Waals surface area (Å²) in [4.78, 5) is 19.1. The van der Waals surface area contributed by atoms with Gasteiger partial charge in [0.05, 0.1) is 5.36 Å². The van der Waals surface area contributed by atoms with Gasteiger partial charge in [0.2, 0.25) is 0 Å².